The van der Waals surface area contributed by atoms with Gasteiger partial charge in [-0.2, -0.15) is 0 Å². The number of nitrogens with zero attached hydrogens (tertiary/aromatic N) is 4. The fourth-order valence-corrected chi connectivity index (χ4v) is 10.8. The van der Waals surface area contributed by atoms with E-state index in [-0.39, 0.29) is 17.9 Å². The molecule has 4 aromatic carbocycles. The van der Waals surface area contributed by atoms with E-state index >= 15 is 4.79 Å². The number of benzene rings is 4. The zero-order valence-corrected chi connectivity index (χ0v) is 43.9. The lowest BCUT2D eigenvalue weighted by Crippen LogP contribution is -2.32. The number of nitrogens with two attached hydrogens (primary N) is 2. The van der Waals surface area contributed by atoms with Crippen LogP contribution in [0.25, 0.3) is 44.3 Å². The number of carbonyl (C=O) groups excluding carboxylic acids is 3. The molecule has 0 saturated heterocycles. The number of ketones is 1. The fraction of sp³-hybridized carbons (Fsp3) is 0.305. The second kappa shape index (κ2) is 20.2. The molecule has 0 bridgehead atoms. The fourth-order valence-electron chi connectivity index (χ4n) is 10.4. The Hall–Kier alpha value is -6.71. The summed E-state index contributed by atoms with van der Waals surface area (Å²) in [4.78, 5) is 53.4. The summed E-state index contributed by atoms with van der Waals surface area (Å²) in [5.41, 5.74) is 22.1. The Morgan fingerprint density at radius 1 is 0.608 bits per heavy atom. The molecule has 0 aliphatic carbocycles. The van der Waals surface area contributed by atoms with Gasteiger partial charge in [-0.1, -0.05) is 59.6 Å². The Morgan fingerprint density at radius 2 is 1.03 bits per heavy atom. The summed E-state index contributed by atoms with van der Waals surface area (Å²) < 4.78 is 15.3. The molecule has 6 N–H and O–H groups in total. The summed E-state index contributed by atoms with van der Waals surface area (Å²) in [6.07, 6.45) is 5.15. The number of ether oxygens (including phenoxy) is 2. The van der Waals surface area contributed by atoms with E-state index in [0.29, 0.717) is 93.5 Å². The first kappa shape index (κ1) is 50.8. The summed E-state index contributed by atoms with van der Waals surface area (Å²) in [6, 6.07) is 32.3. The van der Waals surface area contributed by atoms with Crippen LogP contribution in [0.5, 0.6) is 0 Å². The van der Waals surface area contributed by atoms with Gasteiger partial charge in [0, 0.05) is 80.9 Å². The number of Topliss-reactive ketones (excluding diaryl/α,β-unsaturated/α-hetero) is 1. The van der Waals surface area contributed by atoms with Gasteiger partial charge in [0.15, 0.2) is 5.78 Å². The van der Waals surface area contributed by atoms with Gasteiger partial charge in [0.1, 0.15) is 11.2 Å². The highest BCUT2D eigenvalue weighted by Crippen LogP contribution is 2.47. The minimum absolute atomic E-state index is 0.197. The van der Waals surface area contributed by atoms with Gasteiger partial charge in [0.05, 0.1) is 34.5 Å². The van der Waals surface area contributed by atoms with Crippen molar-refractivity contribution in [3.8, 4) is 22.5 Å². The molecular weight excluding hydrogens is 972 g/mol. The van der Waals surface area contributed by atoms with Gasteiger partial charge in [0.2, 0.25) is 0 Å². The molecule has 2 aliphatic rings. The molecule has 6 heterocycles. The van der Waals surface area contributed by atoms with Gasteiger partial charge in [0.25, 0.3) is 0 Å². The Labute approximate surface area is 440 Å². The number of rotatable bonds is 12. The molecule has 4 atom stereocenters. The van der Waals surface area contributed by atoms with Gasteiger partial charge in [-0.15, -0.1) is 0 Å². The molecule has 0 radical (unpaired) electrons. The topological polar surface area (TPSA) is 181 Å². The van der Waals surface area contributed by atoms with Crippen LogP contribution in [0, 0.1) is 0 Å². The number of pyridine rings is 2. The van der Waals surface area contributed by atoms with E-state index in [1.54, 1.807) is 33.7 Å². The van der Waals surface area contributed by atoms with E-state index in [0.717, 1.165) is 44.4 Å². The van der Waals surface area contributed by atoms with Crippen molar-refractivity contribution in [1.82, 2.24) is 29.7 Å². The van der Waals surface area contributed by atoms with Gasteiger partial charge in [-0.3, -0.25) is 25.4 Å². The highest BCUT2D eigenvalue weighted by atomic mass is 35.5. The van der Waals surface area contributed by atoms with Crippen molar-refractivity contribution in [2.45, 2.75) is 116 Å². The Kier molecular flexibility index (Phi) is 13.9. The molecule has 0 spiro atoms. The molecule has 0 fully saturated rings. The molecule has 74 heavy (non-hydrogen) atoms. The normalized spacial score (nSPS) is 16.3. The summed E-state index contributed by atoms with van der Waals surface area (Å²) in [5, 5.41) is 9.50. The molecule has 0 saturated carbocycles. The first-order valence-electron chi connectivity index (χ1n) is 25.1. The maximum Gasteiger partial charge on any atom is 0.419 e. The van der Waals surface area contributed by atoms with Crippen molar-refractivity contribution in [2.75, 3.05) is 0 Å². The zero-order chi connectivity index (χ0) is 52.2. The molecule has 15 heteroatoms. The third kappa shape index (κ3) is 10.1. The standard InChI is InChI=1S/C59H60Cl2N8O5/c1-58(2,3)73-56(71)68-47-23-13-33(45(62)21-15-37-11-7-9-25-64-37)27-35(47)29-49(68)39-17-19-43(60)41-31-66-53(51(39)41)55(70)54-52-40(18-20-44(61)42(52)32-67-54)50-30-36-28-34(46(63)22-16-38-12-8-10-26-65-38)14-24-48(36)69(50)57(72)74-59(4,5)6/h7-14,17-20,23-30,45-46,53-54,66-67H,15-16,21-22,31-32,62-63H2,1-6H3. The minimum atomic E-state index is -0.887. The second-order valence-corrected chi connectivity index (χ2v) is 22.1. The highest BCUT2D eigenvalue weighted by Gasteiger charge is 2.42. The van der Waals surface area contributed by atoms with Crippen LogP contribution in [0.1, 0.15) is 123 Å². The van der Waals surface area contributed by atoms with Crippen molar-refractivity contribution in [3.63, 3.8) is 0 Å². The molecular formula is C59H60Cl2N8O5. The van der Waals surface area contributed by atoms with Crippen LogP contribution < -0.4 is 22.1 Å². The monoisotopic (exact) mass is 1030 g/mol. The van der Waals surface area contributed by atoms with E-state index in [4.69, 9.17) is 44.1 Å². The molecule has 10 rings (SSSR count). The van der Waals surface area contributed by atoms with Crippen molar-refractivity contribution in [1.29, 1.82) is 0 Å². The number of aromatic nitrogens is 4. The summed E-state index contributed by atoms with van der Waals surface area (Å²) in [5.74, 6) is -0.197. The Morgan fingerprint density at radius 3 is 1.41 bits per heavy atom. The van der Waals surface area contributed by atoms with Crippen molar-refractivity contribution in [3.05, 3.63) is 176 Å². The largest absolute Gasteiger partial charge is 0.443 e. The van der Waals surface area contributed by atoms with Gasteiger partial charge in [-0.25, -0.2) is 18.7 Å². The van der Waals surface area contributed by atoms with Gasteiger partial charge < -0.3 is 20.9 Å². The number of hydrogen-bond acceptors (Lipinski definition) is 11. The second-order valence-electron chi connectivity index (χ2n) is 21.3. The summed E-state index contributed by atoms with van der Waals surface area (Å²) in [6.45, 7) is 11.5. The number of nitrogens with one attached hydrogen (secondary N) is 2. The molecule has 13 nitrogen and oxygen atoms in total. The Bertz CT molecular complexity index is 3240. The third-order valence-corrected chi connectivity index (χ3v) is 14.5. The first-order valence-corrected chi connectivity index (χ1v) is 25.8. The highest BCUT2D eigenvalue weighted by molar-refractivity contribution is 6.32. The molecule has 380 valence electrons. The van der Waals surface area contributed by atoms with Crippen LogP contribution in [-0.2, 0) is 40.2 Å². The third-order valence-electron chi connectivity index (χ3n) is 13.8. The van der Waals surface area contributed by atoms with Crippen molar-refractivity contribution >= 4 is 63.0 Å². The number of aryl methyl sites for hydroxylation is 2. The van der Waals surface area contributed by atoms with Crippen LogP contribution in [0.3, 0.4) is 0 Å². The van der Waals surface area contributed by atoms with E-state index in [1.807, 2.05) is 139 Å². The molecule has 2 aliphatic heterocycles. The number of halogens is 2. The predicted molar refractivity (Wildman–Crippen MR) is 291 cm³/mol. The lowest BCUT2D eigenvalue weighted by molar-refractivity contribution is -0.123. The number of carbonyl (C=O) groups is 3. The maximum absolute atomic E-state index is 15.6. The predicted octanol–water partition coefficient (Wildman–Crippen LogP) is 12.4. The van der Waals surface area contributed by atoms with Gasteiger partial charge in [-0.05, 0) is 173 Å². The summed E-state index contributed by atoms with van der Waals surface area (Å²) in [7, 11) is 0. The molecule has 4 unspecified atom stereocenters. The van der Waals surface area contributed by atoms with Crippen LogP contribution in [0.4, 0.5) is 9.59 Å². The smallest absolute Gasteiger partial charge is 0.419 e. The van der Waals surface area contributed by atoms with Gasteiger partial charge >= 0.3 is 12.2 Å². The zero-order valence-electron chi connectivity index (χ0n) is 42.3. The van der Waals surface area contributed by atoms with E-state index in [2.05, 4.69) is 20.6 Å². The minimum Gasteiger partial charge on any atom is -0.443 e. The van der Waals surface area contributed by atoms with Crippen LogP contribution in [-0.4, -0.2) is 48.3 Å². The van der Waals surface area contributed by atoms with E-state index < -0.39 is 35.5 Å². The van der Waals surface area contributed by atoms with E-state index in [1.165, 1.54) is 0 Å². The van der Waals surface area contributed by atoms with Crippen molar-refractivity contribution < 1.29 is 23.9 Å². The van der Waals surface area contributed by atoms with Crippen LogP contribution in [0.2, 0.25) is 10.0 Å². The van der Waals surface area contributed by atoms with Crippen molar-refractivity contribution in [2.24, 2.45) is 11.5 Å². The van der Waals surface area contributed by atoms with E-state index in [9.17, 15) is 9.59 Å². The Balaban J connectivity index is 1.05. The van der Waals surface area contributed by atoms with Crippen LogP contribution >= 0.6 is 23.2 Å². The summed E-state index contributed by atoms with van der Waals surface area (Å²) >= 11 is 14.0. The maximum atomic E-state index is 15.6. The number of hydrogen-bond donors (Lipinski definition) is 4. The lowest BCUT2D eigenvalue weighted by atomic mass is 9.87. The molecule has 0 amide bonds. The molecule has 8 aromatic rings. The number of fused-ring (bicyclic) bond motifs is 4. The first-order chi connectivity index (χ1) is 35.3. The lowest BCUT2D eigenvalue weighted by Gasteiger charge is -2.24. The van der Waals surface area contributed by atoms with Crippen LogP contribution in [0.15, 0.2) is 122 Å². The SMILES string of the molecule is CC(C)(C)OC(=O)n1c(-c2ccc(Cl)c3c2C(C(=O)C2NCc4c(Cl)ccc(-c5cc6cc(C(N)CCc7ccccn7)ccc6n5C(=O)OC(C)(C)C)c42)NC3)cc2cc(C(N)CCc3ccccn3)ccc21. The average Bonchev–Trinajstić information content (AvgIpc) is 4.18. The average molecular weight is 1030 g/mol. The quantitative estimate of drug-likeness (QED) is 0.0914. The molecule has 4 aromatic heterocycles.